The summed E-state index contributed by atoms with van der Waals surface area (Å²) in [5, 5.41) is 3.92. The van der Waals surface area contributed by atoms with Gasteiger partial charge < -0.3 is 14.8 Å². The summed E-state index contributed by atoms with van der Waals surface area (Å²) in [5.41, 5.74) is 2.01. The molecule has 26 heavy (non-hydrogen) atoms. The first-order valence-corrected chi connectivity index (χ1v) is 9.48. The molecule has 1 saturated carbocycles. The maximum absolute atomic E-state index is 12.5. The van der Waals surface area contributed by atoms with E-state index in [2.05, 4.69) is 5.32 Å². The van der Waals surface area contributed by atoms with E-state index < -0.39 is 0 Å². The van der Waals surface area contributed by atoms with Crippen LogP contribution in [0.1, 0.15) is 36.8 Å². The molecular weight excluding hydrogens is 350 g/mol. The molecule has 1 N–H and O–H groups in total. The van der Waals surface area contributed by atoms with Crippen LogP contribution in [0.2, 0.25) is 5.02 Å². The first-order chi connectivity index (χ1) is 12.6. The number of carbonyl (C=O) groups excluding carboxylic acids is 1. The maximum Gasteiger partial charge on any atom is 0.221 e. The van der Waals surface area contributed by atoms with Crippen LogP contribution in [0, 0.1) is 0 Å². The van der Waals surface area contributed by atoms with Crippen molar-refractivity contribution in [3.8, 4) is 11.5 Å². The predicted molar refractivity (Wildman–Crippen MR) is 101 cm³/mol. The molecule has 2 aromatic carbocycles. The zero-order valence-corrected chi connectivity index (χ0v) is 15.3. The smallest absolute Gasteiger partial charge is 0.221 e. The van der Waals surface area contributed by atoms with Crippen LogP contribution in [0.3, 0.4) is 0 Å². The summed E-state index contributed by atoms with van der Waals surface area (Å²) in [5.74, 6) is 1.64. The van der Waals surface area contributed by atoms with Crippen molar-refractivity contribution in [3.63, 3.8) is 0 Å². The van der Waals surface area contributed by atoms with Crippen LogP contribution in [-0.2, 0) is 16.8 Å². The van der Waals surface area contributed by atoms with E-state index in [0.29, 0.717) is 31.1 Å². The summed E-state index contributed by atoms with van der Waals surface area (Å²) in [7, 11) is 0. The van der Waals surface area contributed by atoms with Crippen molar-refractivity contribution in [2.75, 3.05) is 13.2 Å². The number of amides is 1. The molecule has 0 spiro atoms. The fraction of sp³-hybridized carbons (Fsp3) is 0.381. The first-order valence-electron chi connectivity index (χ1n) is 9.10. The number of hydrogen-bond acceptors (Lipinski definition) is 3. The van der Waals surface area contributed by atoms with E-state index in [9.17, 15) is 4.79 Å². The van der Waals surface area contributed by atoms with Crippen molar-refractivity contribution in [1.82, 2.24) is 5.32 Å². The second-order valence-corrected chi connectivity index (χ2v) is 7.41. The Hall–Kier alpha value is -2.20. The number of carbonyl (C=O) groups is 1. The normalized spacial score (nSPS) is 17.3. The Balaban J connectivity index is 1.36. The summed E-state index contributed by atoms with van der Waals surface area (Å²) >= 11 is 5.96. The highest BCUT2D eigenvalue weighted by Crippen LogP contribution is 2.45. The van der Waals surface area contributed by atoms with E-state index >= 15 is 0 Å². The molecule has 0 aromatic heterocycles. The molecule has 136 valence electrons. The van der Waals surface area contributed by atoms with Crippen LogP contribution < -0.4 is 14.8 Å². The molecule has 1 aliphatic carbocycles. The van der Waals surface area contributed by atoms with Gasteiger partial charge in [-0.1, -0.05) is 29.8 Å². The molecule has 1 fully saturated rings. The van der Waals surface area contributed by atoms with Gasteiger partial charge in [0.1, 0.15) is 0 Å². The number of halogens is 1. The minimum atomic E-state index is -0.202. The molecule has 4 rings (SSSR count). The summed E-state index contributed by atoms with van der Waals surface area (Å²) in [6.45, 7) is 1.35. The molecule has 0 unspecified atom stereocenters. The molecule has 5 heteroatoms. The lowest BCUT2D eigenvalue weighted by atomic mass is 10.0. The summed E-state index contributed by atoms with van der Waals surface area (Å²) < 4.78 is 11.4. The molecule has 4 nitrogen and oxygen atoms in total. The minimum absolute atomic E-state index is 0.0737. The van der Waals surface area contributed by atoms with Crippen LogP contribution in [0.15, 0.2) is 42.5 Å². The minimum Gasteiger partial charge on any atom is -0.490 e. The molecule has 0 bridgehead atoms. The van der Waals surface area contributed by atoms with Crippen molar-refractivity contribution in [2.45, 2.75) is 37.6 Å². The number of ether oxygens (including phenoxy) is 2. The van der Waals surface area contributed by atoms with Gasteiger partial charge in [0.25, 0.3) is 0 Å². The Labute approximate surface area is 158 Å². The van der Waals surface area contributed by atoms with Gasteiger partial charge in [-0.25, -0.2) is 0 Å². The largest absolute Gasteiger partial charge is 0.490 e. The van der Waals surface area contributed by atoms with Gasteiger partial charge in [0, 0.05) is 17.9 Å². The van der Waals surface area contributed by atoms with Crippen LogP contribution in [0.25, 0.3) is 0 Å². The lowest BCUT2D eigenvalue weighted by Crippen LogP contribution is -2.34. The van der Waals surface area contributed by atoms with Gasteiger partial charge in [-0.15, -0.1) is 0 Å². The molecule has 1 aliphatic heterocycles. The van der Waals surface area contributed by atoms with Crippen LogP contribution in [0.5, 0.6) is 11.5 Å². The van der Waals surface area contributed by atoms with E-state index in [1.54, 1.807) is 0 Å². The number of benzene rings is 2. The van der Waals surface area contributed by atoms with Gasteiger partial charge in [-0.2, -0.15) is 0 Å². The zero-order valence-electron chi connectivity index (χ0n) is 14.6. The molecule has 2 aromatic rings. The third kappa shape index (κ3) is 3.80. The fourth-order valence-electron chi connectivity index (χ4n) is 3.33. The second-order valence-electron chi connectivity index (χ2n) is 6.97. The van der Waals surface area contributed by atoms with E-state index in [0.717, 1.165) is 41.9 Å². The number of nitrogens with one attached hydrogen (secondary N) is 1. The Kier molecular flexibility index (Phi) is 4.77. The lowest BCUT2D eigenvalue weighted by molar-refractivity contribution is -0.122. The van der Waals surface area contributed by atoms with Crippen molar-refractivity contribution in [3.05, 3.63) is 58.6 Å². The van der Waals surface area contributed by atoms with Crippen LogP contribution in [-0.4, -0.2) is 19.1 Å². The van der Waals surface area contributed by atoms with Gasteiger partial charge in [0.05, 0.1) is 18.8 Å². The number of aryl methyl sites for hydroxylation is 1. The van der Waals surface area contributed by atoms with Gasteiger partial charge in [-0.05, 0) is 54.7 Å². The van der Waals surface area contributed by atoms with Gasteiger partial charge in [-0.3, -0.25) is 4.79 Å². The van der Waals surface area contributed by atoms with E-state index in [-0.39, 0.29) is 11.4 Å². The third-order valence-electron chi connectivity index (χ3n) is 4.98. The molecule has 2 aliphatic rings. The third-order valence-corrected chi connectivity index (χ3v) is 5.23. The first kappa shape index (κ1) is 17.2. The summed E-state index contributed by atoms with van der Waals surface area (Å²) in [4.78, 5) is 12.5. The van der Waals surface area contributed by atoms with E-state index in [1.165, 1.54) is 0 Å². The highest BCUT2D eigenvalue weighted by Gasteiger charge is 2.45. The highest BCUT2D eigenvalue weighted by molar-refractivity contribution is 6.30. The Morgan fingerprint density at radius 3 is 2.50 bits per heavy atom. The Bertz CT molecular complexity index is 799. The van der Waals surface area contributed by atoms with Gasteiger partial charge >= 0.3 is 0 Å². The average molecular weight is 372 g/mol. The van der Waals surface area contributed by atoms with E-state index in [4.69, 9.17) is 21.1 Å². The van der Waals surface area contributed by atoms with E-state index in [1.807, 2.05) is 42.5 Å². The fourth-order valence-corrected chi connectivity index (χ4v) is 3.46. The van der Waals surface area contributed by atoms with Crippen molar-refractivity contribution < 1.29 is 14.3 Å². The Morgan fingerprint density at radius 1 is 1.04 bits per heavy atom. The average Bonchev–Trinajstić information content (AvgIpc) is 3.44. The quantitative estimate of drug-likeness (QED) is 0.855. The van der Waals surface area contributed by atoms with Gasteiger partial charge in [0.15, 0.2) is 11.5 Å². The maximum atomic E-state index is 12.5. The van der Waals surface area contributed by atoms with Crippen molar-refractivity contribution >= 4 is 17.5 Å². The molecule has 1 amide bonds. The molecule has 0 atom stereocenters. The number of rotatable bonds is 5. The van der Waals surface area contributed by atoms with Crippen molar-refractivity contribution in [1.29, 1.82) is 0 Å². The highest BCUT2D eigenvalue weighted by atomic mass is 35.5. The lowest BCUT2D eigenvalue weighted by Gasteiger charge is -2.18. The van der Waals surface area contributed by atoms with Crippen LogP contribution in [0.4, 0.5) is 0 Å². The Morgan fingerprint density at radius 2 is 1.77 bits per heavy atom. The molecular formula is C21H22ClNO3. The zero-order chi connectivity index (χ0) is 18.0. The number of fused-ring (bicyclic) bond motifs is 1. The predicted octanol–water partition coefficient (Wildman–Crippen LogP) is 4.24. The second kappa shape index (κ2) is 7.20. The summed E-state index contributed by atoms with van der Waals surface area (Å²) in [6.07, 6.45) is 3.97. The topological polar surface area (TPSA) is 47.6 Å². The SMILES string of the molecule is O=C(CCc1ccc2c(c1)OCCCO2)NC1(c2ccc(Cl)cc2)CC1. The molecule has 0 saturated heterocycles. The number of hydrogen-bond donors (Lipinski definition) is 1. The summed E-state index contributed by atoms with van der Waals surface area (Å²) in [6, 6.07) is 13.7. The van der Waals surface area contributed by atoms with Crippen molar-refractivity contribution in [2.24, 2.45) is 0 Å². The molecule has 1 heterocycles. The monoisotopic (exact) mass is 371 g/mol. The van der Waals surface area contributed by atoms with Crippen LogP contribution >= 0.6 is 11.6 Å². The standard InChI is InChI=1S/C21H22ClNO3/c22-17-6-4-16(5-7-17)21(10-11-21)23-20(24)9-3-15-2-8-18-19(14-15)26-13-1-12-25-18/h2,4-8,14H,1,3,9-13H2,(H,23,24). The van der Waals surface area contributed by atoms with Gasteiger partial charge in [0.2, 0.25) is 5.91 Å². The molecule has 0 radical (unpaired) electrons.